The van der Waals surface area contributed by atoms with Gasteiger partial charge in [-0.2, -0.15) is 4.31 Å². The number of aromatic nitrogens is 1. The summed E-state index contributed by atoms with van der Waals surface area (Å²) in [5, 5.41) is 0. The lowest BCUT2D eigenvalue weighted by molar-refractivity contribution is -0.133. The van der Waals surface area contributed by atoms with Crippen LogP contribution in [0.25, 0.3) is 0 Å². The first-order chi connectivity index (χ1) is 21.0. The second-order valence-corrected chi connectivity index (χ2v) is 15.2. The van der Waals surface area contributed by atoms with E-state index in [2.05, 4.69) is 28.2 Å². The van der Waals surface area contributed by atoms with Crippen molar-refractivity contribution in [1.29, 1.82) is 0 Å². The van der Waals surface area contributed by atoms with Crippen molar-refractivity contribution >= 4 is 15.9 Å². The Hall–Kier alpha value is -2.40. The van der Waals surface area contributed by atoms with Crippen LogP contribution < -0.4 is 4.74 Å². The molecule has 0 bridgehead atoms. The molecule has 244 valence electrons. The number of hydrogen-bond acceptors (Lipinski definition) is 6. The third-order valence-electron chi connectivity index (χ3n) is 10.4. The summed E-state index contributed by atoms with van der Waals surface area (Å²) in [4.78, 5) is 21.1. The largest absolute Gasteiger partial charge is 0.497 e. The summed E-state index contributed by atoms with van der Waals surface area (Å²) in [5.41, 5.74) is 2.37. The van der Waals surface area contributed by atoms with E-state index in [-0.39, 0.29) is 18.0 Å². The molecule has 0 radical (unpaired) electrons. The number of rotatable bonds is 10. The maximum Gasteiger partial charge on any atom is 0.244 e. The molecule has 3 aliphatic rings. The molecule has 2 aromatic rings. The van der Waals surface area contributed by atoms with Crippen LogP contribution in [0.1, 0.15) is 81.7 Å². The van der Waals surface area contributed by atoms with Crippen molar-refractivity contribution in [2.24, 2.45) is 0 Å². The summed E-state index contributed by atoms with van der Waals surface area (Å²) in [5.74, 6) is 0.825. The van der Waals surface area contributed by atoms with Gasteiger partial charge in [-0.25, -0.2) is 8.42 Å². The maximum atomic E-state index is 14.2. The second kappa shape index (κ2) is 13.9. The van der Waals surface area contributed by atoms with E-state index in [4.69, 9.17) is 4.74 Å². The maximum absolute atomic E-state index is 14.2. The lowest BCUT2D eigenvalue weighted by atomic mass is 9.88. The summed E-state index contributed by atoms with van der Waals surface area (Å²) < 4.78 is 37.6. The van der Waals surface area contributed by atoms with Gasteiger partial charge < -0.3 is 14.2 Å². The second-order valence-electron chi connectivity index (χ2n) is 13.4. The van der Waals surface area contributed by atoms with Crippen molar-refractivity contribution < 1.29 is 17.9 Å². The van der Waals surface area contributed by atoms with Gasteiger partial charge in [-0.15, -0.1) is 0 Å². The van der Waals surface area contributed by atoms with Crippen LogP contribution in [0, 0.1) is 13.8 Å². The Bertz CT molecular complexity index is 1380. The zero-order valence-corrected chi connectivity index (χ0v) is 28.5. The Balaban J connectivity index is 1.22. The smallest absolute Gasteiger partial charge is 0.244 e. The third-order valence-corrected chi connectivity index (χ3v) is 12.6. The summed E-state index contributed by atoms with van der Waals surface area (Å²) in [6, 6.07) is 8.70. The van der Waals surface area contributed by atoms with Crippen LogP contribution in [0.15, 0.2) is 35.4 Å². The Kier molecular flexibility index (Phi) is 10.4. The van der Waals surface area contributed by atoms with E-state index < -0.39 is 10.0 Å². The number of ether oxygens (including phenoxy) is 1. The average molecular weight is 628 g/mol. The number of amides is 1. The predicted molar refractivity (Wildman–Crippen MR) is 174 cm³/mol. The van der Waals surface area contributed by atoms with E-state index in [0.717, 1.165) is 51.1 Å². The molecule has 2 fully saturated rings. The number of piperazine rings is 1. The molecular weight excluding hydrogens is 574 g/mol. The molecule has 1 amide bonds. The van der Waals surface area contributed by atoms with Crippen molar-refractivity contribution in [1.82, 2.24) is 23.6 Å². The van der Waals surface area contributed by atoms with Gasteiger partial charge in [-0.3, -0.25) is 14.6 Å². The monoisotopic (exact) mass is 627 g/mol. The molecule has 1 saturated carbocycles. The van der Waals surface area contributed by atoms with Crippen LogP contribution >= 0.6 is 0 Å². The van der Waals surface area contributed by atoms with Gasteiger partial charge in [0.2, 0.25) is 15.9 Å². The quantitative estimate of drug-likeness (QED) is 0.376. The van der Waals surface area contributed by atoms with Crippen LogP contribution in [0.5, 0.6) is 5.75 Å². The summed E-state index contributed by atoms with van der Waals surface area (Å²) in [7, 11) is -0.195. The van der Waals surface area contributed by atoms with Crippen LogP contribution in [0.2, 0.25) is 0 Å². The van der Waals surface area contributed by atoms with Crippen molar-refractivity contribution in [3.05, 3.63) is 47.3 Å². The van der Waals surface area contributed by atoms with Crippen molar-refractivity contribution in [2.45, 2.75) is 108 Å². The molecule has 3 unspecified atom stereocenters. The molecule has 9 nitrogen and oxygen atoms in total. The average Bonchev–Trinajstić information content (AvgIpc) is 3.49. The fraction of sp³-hybridized carbons (Fsp3) is 0.676. The van der Waals surface area contributed by atoms with Gasteiger partial charge in [0.15, 0.2) is 0 Å². The Morgan fingerprint density at radius 2 is 1.75 bits per heavy atom. The summed E-state index contributed by atoms with van der Waals surface area (Å²) in [6.45, 7) is 13.7. The van der Waals surface area contributed by atoms with E-state index in [1.807, 2.05) is 44.1 Å². The third kappa shape index (κ3) is 6.88. The van der Waals surface area contributed by atoms with Crippen LogP contribution in [0.4, 0.5) is 0 Å². The molecule has 1 saturated heterocycles. The number of methoxy groups -OCH3 is 1. The normalized spacial score (nSPS) is 23.9. The first-order valence-electron chi connectivity index (χ1n) is 16.6. The number of carbonyl (C=O) groups is 1. The van der Waals surface area contributed by atoms with Gasteiger partial charge in [-0.1, -0.05) is 0 Å². The molecule has 3 heterocycles. The minimum atomic E-state index is -3.77. The molecule has 3 atom stereocenters. The minimum absolute atomic E-state index is 0.169. The minimum Gasteiger partial charge on any atom is -0.497 e. The van der Waals surface area contributed by atoms with E-state index in [1.165, 1.54) is 6.42 Å². The zero-order chi connectivity index (χ0) is 31.6. The molecule has 0 N–H and O–H groups in total. The van der Waals surface area contributed by atoms with E-state index in [0.29, 0.717) is 66.2 Å². The van der Waals surface area contributed by atoms with E-state index in [9.17, 15) is 13.2 Å². The van der Waals surface area contributed by atoms with Crippen LogP contribution in [-0.2, 0) is 21.4 Å². The molecule has 44 heavy (non-hydrogen) atoms. The summed E-state index contributed by atoms with van der Waals surface area (Å²) in [6.07, 6.45) is 8.18. The van der Waals surface area contributed by atoms with Crippen LogP contribution in [-0.4, -0.2) is 103 Å². The highest BCUT2D eigenvalue weighted by molar-refractivity contribution is 7.89. The highest BCUT2D eigenvalue weighted by Crippen LogP contribution is 2.38. The number of hydrogen-bond donors (Lipinski definition) is 0. The topological polar surface area (TPSA) is 78.3 Å². The highest BCUT2D eigenvalue weighted by Gasteiger charge is 2.38. The van der Waals surface area contributed by atoms with Gasteiger partial charge >= 0.3 is 0 Å². The molecule has 10 heteroatoms. The van der Waals surface area contributed by atoms with Gasteiger partial charge in [0.25, 0.3) is 0 Å². The van der Waals surface area contributed by atoms with Gasteiger partial charge in [-0.05, 0) is 102 Å². The number of carbonyl (C=O) groups excluding carboxylic acids is 1. The molecule has 5 rings (SSSR count). The Morgan fingerprint density at radius 1 is 1.05 bits per heavy atom. The standard InChI is InChI=1S/C34H53N5O4S/c1-25(2)36-16-18-37(19-17-36)29-11-7-10-28(24-29)35(5)33(40)14-8-12-32-31-13-9-15-38(31)20-21-39(32)44(41,42)34-26(3)22-30(43-6)23-27(34)4/h9,13,15,22-23,25,28-29,32H,7-8,10-12,14,16-21,24H2,1-6H3. The first-order valence-corrected chi connectivity index (χ1v) is 18.0. The molecule has 1 aliphatic carbocycles. The predicted octanol–water partition coefficient (Wildman–Crippen LogP) is 4.83. The number of sulfonamides is 1. The molecule has 1 aromatic carbocycles. The summed E-state index contributed by atoms with van der Waals surface area (Å²) >= 11 is 0. The lowest BCUT2D eigenvalue weighted by Crippen LogP contribution is -2.54. The van der Waals surface area contributed by atoms with E-state index >= 15 is 0 Å². The number of benzene rings is 1. The molecular formula is C34H53N5O4S. The van der Waals surface area contributed by atoms with Gasteiger partial charge in [0, 0.05) is 82.8 Å². The fourth-order valence-electron chi connectivity index (χ4n) is 7.84. The Labute approximate surface area is 265 Å². The van der Waals surface area contributed by atoms with Crippen molar-refractivity contribution in [2.75, 3.05) is 46.9 Å². The highest BCUT2D eigenvalue weighted by atomic mass is 32.2. The van der Waals surface area contributed by atoms with E-state index in [1.54, 1.807) is 23.5 Å². The number of nitrogens with zero attached hydrogens (tertiary/aromatic N) is 5. The zero-order valence-electron chi connectivity index (χ0n) is 27.7. The Morgan fingerprint density at radius 3 is 2.41 bits per heavy atom. The van der Waals surface area contributed by atoms with Crippen molar-refractivity contribution in [3.8, 4) is 5.75 Å². The number of aryl methyl sites for hydroxylation is 2. The van der Waals surface area contributed by atoms with Gasteiger partial charge in [0.1, 0.15) is 5.75 Å². The number of fused-ring (bicyclic) bond motifs is 1. The molecule has 1 aromatic heterocycles. The fourth-order valence-corrected chi connectivity index (χ4v) is 9.88. The van der Waals surface area contributed by atoms with Gasteiger partial charge in [0.05, 0.1) is 18.0 Å². The SMILES string of the molecule is COc1cc(C)c(S(=O)(=O)N2CCn3cccc3C2CCCC(=O)N(C)C2CCCC(N3CCN(C(C)C)CC3)C2)c(C)c1. The molecule has 0 spiro atoms. The lowest BCUT2D eigenvalue weighted by Gasteiger charge is -2.44. The van der Waals surface area contributed by atoms with Crippen molar-refractivity contribution in [3.63, 3.8) is 0 Å². The molecule has 2 aliphatic heterocycles. The van der Waals surface area contributed by atoms with Crippen LogP contribution in [0.3, 0.4) is 0 Å². The first kappa shape index (κ1) is 33.0.